The number of benzene rings is 5. The van der Waals surface area contributed by atoms with E-state index in [1.165, 1.54) is 82.1 Å². The van der Waals surface area contributed by atoms with Crippen LogP contribution in [0.2, 0.25) is 0 Å². The van der Waals surface area contributed by atoms with Crippen LogP contribution in [0.15, 0.2) is 170 Å². The van der Waals surface area contributed by atoms with Gasteiger partial charge >= 0.3 is 0 Å². The zero-order valence-electron chi connectivity index (χ0n) is 23.1. The molecule has 42 heavy (non-hydrogen) atoms. The Kier molecular flexibility index (Phi) is 7.58. The molecule has 7 aromatic rings. The molecule has 0 saturated heterocycles. The average molecular weight is 571 g/mol. The lowest BCUT2D eigenvalue weighted by molar-refractivity contribution is 1.60. The molecule has 0 aliphatic rings. The lowest BCUT2D eigenvalue weighted by Crippen LogP contribution is -1.85. The lowest BCUT2D eigenvalue weighted by Gasteiger charge is -2.13. The fourth-order valence-corrected chi connectivity index (χ4v) is 7.72. The van der Waals surface area contributed by atoms with Gasteiger partial charge in [0.2, 0.25) is 0 Å². The molecule has 0 atom stereocenters. The van der Waals surface area contributed by atoms with Crippen molar-refractivity contribution in [3.8, 4) is 65.7 Å². The molecule has 0 N–H and O–H groups in total. The molecule has 2 heteroatoms. The fourth-order valence-electron chi connectivity index (χ4n) is 5.28. The first-order valence-electron chi connectivity index (χ1n) is 14.2. The van der Waals surface area contributed by atoms with E-state index in [-0.39, 0.29) is 0 Å². The van der Waals surface area contributed by atoms with Crippen molar-refractivity contribution >= 4 is 16.4 Å². The molecule has 0 bridgehead atoms. The third-order valence-electron chi connectivity index (χ3n) is 7.48. The molecule has 5 aromatic carbocycles. The van der Waals surface area contributed by atoms with E-state index in [1.807, 2.05) is 0 Å². The minimum Gasteiger partial charge on any atom is -0.0622 e. The molecule has 0 nitrogen and oxygen atoms in total. The van der Waals surface area contributed by atoms with Crippen LogP contribution in [0.3, 0.4) is 0 Å². The molecule has 0 fully saturated rings. The van der Waals surface area contributed by atoms with Gasteiger partial charge in [-0.3, -0.25) is 0 Å². The molecule has 0 spiro atoms. The maximum atomic E-state index is 2.35. The molecule has 7 rings (SSSR count). The van der Waals surface area contributed by atoms with Crippen LogP contribution in [0, 0.1) is 0 Å². The van der Waals surface area contributed by atoms with Gasteiger partial charge in [0, 0.05) is 21.2 Å². The van der Waals surface area contributed by atoms with Crippen molar-refractivity contribution in [2.45, 2.75) is 0 Å². The van der Waals surface area contributed by atoms with Gasteiger partial charge in [0.25, 0.3) is 0 Å². The van der Waals surface area contributed by atoms with Crippen molar-refractivity contribution in [1.29, 1.82) is 0 Å². The van der Waals surface area contributed by atoms with Gasteiger partial charge in [-0.1, -0.05) is 162 Å². The topological polar surface area (TPSA) is 0 Å². The van der Waals surface area contributed by atoms with E-state index in [4.69, 9.17) is 0 Å². The van der Waals surface area contributed by atoms with Crippen molar-refractivity contribution in [2.75, 3.05) is 0 Å². The minimum atomic E-state index is 1.23. The summed E-state index contributed by atoms with van der Waals surface area (Å²) in [5, 5.41) is 5.29. The molecule has 0 aliphatic heterocycles. The van der Waals surface area contributed by atoms with E-state index in [0.29, 0.717) is 0 Å². The van der Waals surface area contributed by atoms with Crippen molar-refractivity contribution in [2.24, 2.45) is 0 Å². The quantitative estimate of drug-likeness (QED) is 0.187. The summed E-state index contributed by atoms with van der Waals surface area (Å²) < 4.78 is 0. The molecule has 0 saturated carbocycles. The van der Waals surface area contributed by atoms with Gasteiger partial charge < -0.3 is 0 Å². The van der Waals surface area contributed by atoms with Gasteiger partial charge in [0.1, 0.15) is 0 Å². The highest BCUT2D eigenvalue weighted by Crippen LogP contribution is 2.43. The van der Waals surface area contributed by atoms with Gasteiger partial charge in [0.15, 0.2) is 0 Å². The first-order chi connectivity index (χ1) is 20.8. The summed E-state index contributed by atoms with van der Waals surface area (Å²) in [6.45, 7) is 0. The van der Waals surface area contributed by atoms with Crippen molar-refractivity contribution in [1.82, 2.24) is 0 Å². The van der Waals surface area contributed by atoms with Crippen LogP contribution in [0.1, 0.15) is 0 Å². The van der Waals surface area contributed by atoms with Gasteiger partial charge in [-0.15, -0.1) is 0 Å². The first-order valence-corrected chi connectivity index (χ1v) is 16.0. The highest BCUT2D eigenvalue weighted by atomic mass is 31.0. The number of hydrogen-bond donors (Lipinski definition) is 0. The van der Waals surface area contributed by atoms with Crippen LogP contribution < -0.4 is 0 Å². The molecular formula is C40H28P2. The summed E-state index contributed by atoms with van der Waals surface area (Å²) in [7, 11) is 2.46. The molecule has 2 heterocycles. The SMILES string of the molecule is c1ccc(-c2cc(-c3ccc(-c4cc(-c5ccccc5)pc(-c5ccccc5)c4)cc3)cc(-c3ccccc3)p2)cc1. The largest absolute Gasteiger partial charge is 0.0622 e. The van der Waals surface area contributed by atoms with E-state index in [0.717, 1.165) is 0 Å². The molecule has 198 valence electrons. The molecule has 0 aliphatic carbocycles. The summed E-state index contributed by atoms with van der Waals surface area (Å²) in [4.78, 5) is 0. The van der Waals surface area contributed by atoms with Crippen LogP contribution in [0.5, 0.6) is 0 Å². The first kappa shape index (κ1) is 26.3. The second kappa shape index (κ2) is 12.1. The fraction of sp³-hybridized carbons (Fsp3) is 0. The van der Waals surface area contributed by atoms with Crippen LogP contribution in [-0.2, 0) is 0 Å². The van der Waals surface area contributed by atoms with Crippen LogP contribution in [-0.4, -0.2) is 0 Å². The van der Waals surface area contributed by atoms with Crippen LogP contribution in [0.4, 0.5) is 0 Å². The molecule has 2 aromatic heterocycles. The minimum absolute atomic E-state index is 1.23. The van der Waals surface area contributed by atoms with E-state index in [2.05, 4.69) is 170 Å². The highest BCUT2D eigenvalue weighted by molar-refractivity contribution is 7.38. The Labute approximate surface area is 251 Å². The Morgan fingerprint density at radius 1 is 0.214 bits per heavy atom. The van der Waals surface area contributed by atoms with E-state index in [1.54, 1.807) is 0 Å². The van der Waals surface area contributed by atoms with E-state index in [9.17, 15) is 0 Å². The van der Waals surface area contributed by atoms with E-state index < -0.39 is 0 Å². The maximum Gasteiger partial charge on any atom is 0.0102 e. The van der Waals surface area contributed by atoms with Crippen molar-refractivity contribution in [3.63, 3.8) is 0 Å². The summed E-state index contributed by atoms with van der Waals surface area (Å²) in [6, 6.07) is 61.5. The average Bonchev–Trinajstić information content (AvgIpc) is 3.09. The highest BCUT2D eigenvalue weighted by Gasteiger charge is 2.11. The second-order valence-electron chi connectivity index (χ2n) is 10.3. The van der Waals surface area contributed by atoms with Gasteiger partial charge in [-0.2, -0.15) is 0 Å². The summed E-state index contributed by atoms with van der Waals surface area (Å²) in [5.41, 5.74) is 10.0. The van der Waals surface area contributed by atoms with Gasteiger partial charge in [-0.25, -0.2) is 0 Å². The Bertz CT molecular complexity index is 1670. The Balaban J connectivity index is 1.31. The van der Waals surface area contributed by atoms with Gasteiger partial charge in [-0.05, 0) is 68.8 Å². The third kappa shape index (κ3) is 5.74. The summed E-state index contributed by atoms with van der Waals surface area (Å²) >= 11 is 0. The zero-order chi connectivity index (χ0) is 28.1. The smallest absolute Gasteiger partial charge is 0.0102 e. The summed E-state index contributed by atoms with van der Waals surface area (Å²) in [6.07, 6.45) is 0. The van der Waals surface area contributed by atoms with Crippen LogP contribution in [0.25, 0.3) is 65.7 Å². The molecule has 0 unspecified atom stereocenters. The standard InChI is InChI=1S/C40H28P2/c1-5-13-31(14-6-1)37-25-35(26-38(41-37)32-15-7-2-8-16-32)29-21-23-30(24-22-29)36-27-39(33-17-9-3-10-18-33)42-40(28-36)34-19-11-4-12-20-34/h1-28H. The van der Waals surface area contributed by atoms with E-state index >= 15 is 0 Å². The molecule has 0 amide bonds. The monoisotopic (exact) mass is 570 g/mol. The molecular weight excluding hydrogens is 542 g/mol. The van der Waals surface area contributed by atoms with Crippen LogP contribution >= 0.6 is 16.4 Å². The van der Waals surface area contributed by atoms with Crippen molar-refractivity contribution in [3.05, 3.63) is 170 Å². The Morgan fingerprint density at radius 3 is 0.690 bits per heavy atom. The molecule has 0 radical (unpaired) electrons. The Morgan fingerprint density at radius 2 is 0.452 bits per heavy atom. The lowest BCUT2D eigenvalue weighted by atomic mass is 9.99. The Hall–Kier alpha value is -4.60. The predicted octanol–water partition coefficient (Wildman–Crippen LogP) is 12.8. The zero-order valence-corrected chi connectivity index (χ0v) is 24.8. The second-order valence-corrected chi connectivity index (χ2v) is 12.7. The third-order valence-corrected chi connectivity index (χ3v) is 9.99. The van der Waals surface area contributed by atoms with Gasteiger partial charge in [0.05, 0.1) is 0 Å². The maximum absolute atomic E-state index is 2.35. The predicted molar refractivity (Wildman–Crippen MR) is 184 cm³/mol. The number of rotatable bonds is 6. The van der Waals surface area contributed by atoms with Crippen molar-refractivity contribution < 1.29 is 0 Å². The normalized spacial score (nSPS) is 10.9. The summed E-state index contributed by atoms with van der Waals surface area (Å²) in [5.74, 6) is 0. The number of hydrogen-bond acceptors (Lipinski definition) is 0.